The van der Waals surface area contributed by atoms with Crippen molar-refractivity contribution >= 4 is 7.82 Å². The molecule has 1 atom stereocenters. The highest BCUT2D eigenvalue weighted by atomic mass is 31.2. The Morgan fingerprint density at radius 1 is 0.917 bits per heavy atom. The van der Waals surface area contributed by atoms with Crippen LogP contribution in [0, 0.1) is 0 Å². The minimum atomic E-state index is -3.84. The van der Waals surface area contributed by atoms with Crippen LogP contribution in [0.25, 0.3) is 0 Å². The van der Waals surface area contributed by atoms with E-state index in [9.17, 15) is 4.57 Å². The van der Waals surface area contributed by atoms with E-state index in [0.717, 1.165) is 11.1 Å². The molecule has 0 bridgehead atoms. The largest absolute Gasteiger partial charge is 0.477 e. The molecule has 2 N–H and O–H groups in total. The van der Waals surface area contributed by atoms with Crippen LogP contribution in [-0.2, 0) is 36.2 Å². The SMILES string of the molecule is CCC(ON)OP(=O)(OCc1ccccc1)OCc1ccccc1. The van der Waals surface area contributed by atoms with Crippen molar-refractivity contribution in [2.45, 2.75) is 32.8 Å². The van der Waals surface area contributed by atoms with E-state index in [1.165, 1.54) is 0 Å². The lowest BCUT2D eigenvalue weighted by Crippen LogP contribution is -2.20. The van der Waals surface area contributed by atoms with Crippen LogP contribution in [0.5, 0.6) is 0 Å². The van der Waals surface area contributed by atoms with E-state index in [-0.39, 0.29) is 13.2 Å². The molecule has 1 unspecified atom stereocenters. The minimum Gasteiger partial charge on any atom is -0.282 e. The van der Waals surface area contributed by atoms with E-state index in [1.54, 1.807) is 6.92 Å². The molecule has 6 nitrogen and oxygen atoms in total. The van der Waals surface area contributed by atoms with Crippen molar-refractivity contribution in [3.63, 3.8) is 0 Å². The topological polar surface area (TPSA) is 80.0 Å². The second-order valence-electron chi connectivity index (χ2n) is 5.04. The van der Waals surface area contributed by atoms with Crippen LogP contribution in [0.2, 0.25) is 0 Å². The van der Waals surface area contributed by atoms with Gasteiger partial charge in [0.25, 0.3) is 0 Å². The van der Waals surface area contributed by atoms with Gasteiger partial charge in [0.15, 0.2) is 6.29 Å². The van der Waals surface area contributed by atoms with Gasteiger partial charge in [-0.1, -0.05) is 67.6 Å². The maximum Gasteiger partial charge on any atom is 0.477 e. The van der Waals surface area contributed by atoms with E-state index in [4.69, 9.17) is 19.5 Å². The lowest BCUT2D eigenvalue weighted by molar-refractivity contribution is -0.104. The molecule has 0 heterocycles. The number of rotatable bonds is 10. The van der Waals surface area contributed by atoms with Crippen molar-refractivity contribution in [3.05, 3.63) is 71.8 Å². The van der Waals surface area contributed by atoms with Gasteiger partial charge in [-0.05, 0) is 17.5 Å². The zero-order chi connectivity index (χ0) is 17.3. The molecule has 0 saturated heterocycles. The molecule has 0 radical (unpaired) electrons. The highest BCUT2D eigenvalue weighted by molar-refractivity contribution is 7.48. The maximum absolute atomic E-state index is 12.9. The Morgan fingerprint density at radius 2 is 1.38 bits per heavy atom. The number of phosphoric ester groups is 1. The normalized spacial score (nSPS) is 12.9. The Bertz CT molecular complexity index is 586. The van der Waals surface area contributed by atoms with Crippen molar-refractivity contribution < 1.29 is 23.0 Å². The van der Waals surface area contributed by atoms with Crippen molar-refractivity contribution in [1.29, 1.82) is 0 Å². The molecule has 0 aromatic heterocycles. The number of phosphoric acid groups is 1. The molecule has 0 spiro atoms. The molecular formula is C17H22NO5P. The van der Waals surface area contributed by atoms with Gasteiger partial charge in [0.2, 0.25) is 0 Å². The van der Waals surface area contributed by atoms with Gasteiger partial charge in [-0.15, -0.1) is 0 Å². The van der Waals surface area contributed by atoms with Crippen molar-refractivity contribution in [3.8, 4) is 0 Å². The van der Waals surface area contributed by atoms with E-state index < -0.39 is 14.1 Å². The molecule has 0 saturated carbocycles. The monoisotopic (exact) mass is 351 g/mol. The summed E-state index contributed by atoms with van der Waals surface area (Å²) < 4.78 is 29.1. The van der Waals surface area contributed by atoms with Gasteiger partial charge in [0, 0.05) is 0 Å². The minimum absolute atomic E-state index is 0.0912. The lowest BCUT2D eigenvalue weighted by Gasteiger charge is -2.22. The van der Waals surface area contributed by atoms with Crippen molar-refractivity contribution in [1.82, 2.24) is 0 Å². The summed E-state index contributed by atoms with van der Waals surface area (Å²) in [6.07, 6.45) is -0.466. The average molecular weight is 351 g/mol. The first-order chi connectivity index (χ1) is 11.6. The standard InChI is InChI=1S/C17H22NO5P/c1-2-17(22-18)23-24(19,20-13-15-9-5-3-6-10-15)21-14-16-11-7-4-8-12-16/h3-12,17H,2,13-14,18H2,1H3. The highest BCUT2D eigenvalue weighted by Crippen LogP contribution is 2.52. The van der Waals surface area contributed by atoms with Crippen LogP contribution in [0.15, 0.2) is 60.7 Å². The first kappa shape index (κ1) is 18.8. The van der Waals surface area contributed by atoms with E-state index in [0.29, 0.717) is 6.42 Å². The summed E-state index contributed by atoms with van der Waals surface area (Å²) in [7, 11) is -3.84. The molecule has 2 aromatic carbocycles. The number of hydrogen-bond donors (Lipinski definition) is 1. The second kappa shape index (κ2) is 9.69. The summed E-state index contributed by atoms with van der Waals surface area (Å²) in [5.74, 6) is 5.15. The number of nitrogens with two attached hydrogens (primary N) is 1. The van der Waals surface area contributed by atoms with Gasteiger partial charge in [-0.3, -0.25) is 18.4 Å². The van der Waals surface area contributed by atoms with Crippen LogP contribution in [0.1, 0.15) is 24.5 Å². The molecule has 0 fully saturated rings. The summed E-state index contributed by atoms with van der Waals surface area (Å²) >= 11 is 0. The van der Waals surface area contributed by atoms with Crippen LogP contribution < -0.4 is 5.90 Å². The Kier molecular flexibility index (Phi) is 7.59. The third-order valence-corrected chi connectivity index (χ3v) is 4.58. The lowest BCUT2D eigenvalue weighted by atomic mass is 10.2. The van der Waals surface area contributed by atoms with Gasteiger partial charge in [0.05, 0.1) is 13.2 Å². The highest BCUT2D eigenvalue weighted by Gasteiger charge is 2.31. The molecular weight excluding hydrogens is 329 g/mol. The predicted octanol–water partition coefficient (Wildman–Crippen LogP) is 4.17. The summed E-state index contributed by atoms with van der Waals surface area (Å²) in [6, 6.07) is 18.7. The molecule has 7 heteroatoms. The molecule has 0 aliphatic carbocycles. The number of benzene rings is 2. The molecule has 24 heavy (non-hydrogen) atoms. The zero-order valence-electron chi connectivity index (χ0n) is 13.5. The molecule has 0 amide bonds. The third-order valence-electron chi connectivity index (χ3n) is 3.20. The van der Waals surface area contributed by atoms with E-state index >= 15 is 0 Å². The second-order valence-corrected chi connectivity index (χ2v) is 6.67. The first-order valence-electron chi connectivity index (χ1n) is 7.66. The third kappa shape index (κ3) is 6.17. The van der Waals surface area contributed by atoms with Crippen LogP contribution >= 0.6 is 7.82 Å². The summed E-state index contributed by atoms with van der Waals surface area (Å²) in [6.45, 7) is 1.97. The molecule has 2 aromatic rings. The average Bonchev–Trinajstić information content (AvgIpc) is 2.65. The fraction of sp³-hybridized carbons (Fsp3) is 0.294. The molecule has 0 aliphatic rings. The molecule has 130 valence electrons. The Hall–Kier alpha value is -1.53. The number of hydrogen-bond acceptors (Lipinski definition) is 6. The van der Waals surface area contributed by atoms with E-state index in [1.807, 2.05) is 60.7 Å². The van der Waals surface area contributed by atoms with Crippen LogP contribution in [0.3, 0.4) is 0 Å². The first-order valence-corrected chi connectivity index (χ1v) is 9.12. The van der Waals surface area contributed by atoms with Gasteiger partial charge < -0.3 is 0 Å². The maximum atomic E-state index is 12.9. The van der Waals surface area contributed by atoms with Crippen molar-refractivity contribution in [2.24, 2.45) is 5.90 Å². The predicted molar refractivity (Wildman–Crippen MR) is 90.5 cm³/mol. The van der Waals surface area contributed by atoms with Crippen LogP contribution in [-0.4, -0.2) is 6.29 Å². The van der Waals surface area contributed by atoms with Crippen LogP contribution in [0.4, 0.5) is 0 Å². The smallest absolute Gasteiger partial charge is 0.282 e. The fourth-order valence-electron chi connectivity index (χ4n) is 1.89. The zero-order valence-corrected chi connectivity index (χ0v) is 14.4. The van der Waals surface area contributed by atoms with Gasteiger partial charge in [-0.25, -0.2) is 10.5 Å². The summed E-state index contributed by atoms with van der Waals surface area (Å²) in [5.41, 5.74) is 1.71. The van der Waals surface area contributed by atoms with Gasteiger partial charge >= 0.3 is 7.82 Å². The molecule has 2 rings (SSSR count). The Balaban J connectivity index is 2.03. The molecule has 0 aliphatic heterocycles. The Labute approximate surface area is 142 Å². The Morgan fingerprint density at radius 3 is 1.75 bits per heavy atom. The van der Waals surface area contributed by atoms with Gasteiger partial charge in [0.1, 0.15) is 0 Å². The fourth-order valence-corrected chi connectivity index (χ4v) is 3.19. The summed E-state index contributed by atoms with van der Waals surface area (Å²) in [5, 5.41) is 0. The quantitative estimate of drug-likeness (QED) is 0.393. The van der Waals surface area contributed by atoms with Gasteiger partial charge in [-0.2, -0.15) is 0 Å². The van der Waals surface area contributed by atoms with Crippen molar-refractivity contribution in [2.75, 3.05) is 0 Å². The summed E-state index contributed by atoms with van der Waals surface area (Å²) in [4.78, 5) is 4.64. The van der Waals surface area contributed by atoms with E-state index in [2.05, 4.69) is 4.84 Å².